The van der Waals surface area contributed by atoms with Gasteiger partial charge in [-0.1, -0.05) is 0 Å². The van der Waals surface area contributed by atoms with Crippen molar-refractivity contribution in [1.82, 2.24) is 0 Å². The summed E-state index contributed by atoms with van der Waals surface area (Å²) in [6.07, 6.45) is 1.16. The number of hydrogen-bond donors (Lipinski definition) is 4. The monoisotopic (exact) mass is 435 g/mol. The maximum Gasteiger partial charge on any atom is 0.194 e. The SMILES string of the molecule is CC(=O)c1c(O)c(C)c(O)c2c1OC1=CC(=O)/C(=C(/C)Nc3ccc(O)cc3)C(=O)C12C. The van der Waals surface area contributed by atoms with Gasteiger partial charge in [0.1, 0.15) is 39.7 Å². The van der Waals surface area contributed by atoms with Crippen molar-refractivity contribution in [2.45, 2.75) is 33.1 Å². The quantitative estimate of drug-likeness (QED) is 0.250. The third kappa shape index (κ3) is 2.80. The number of carbonyl (C=O) groups excluding carboxylic acids is 3. The first kappa shape index (κ1) is 21.2. The summed E-state index contributed by atoms with van der Waals surface area (Å²) in [5.41, 5.74) is -0.947. The maximum atomic E-state index is 13.7. The van der Waals surface area contributed by atoms with Gasteiger partial charge in [0, 0.05) is 23.0 Å². The number of fused-ring (bicyclic) bond motifs is 3. The number of anilines is 1. The van der Waals surface area contributed by atoms with E-state index in [1.165, 1.54) is 32.9 Å². The van der Waals surface area contributed by atoms with Crippen molar-refractivity contribution in [2.24, 2.45) is 0 Å². The Morgan fingerprint density at radius 2 is 1.66 bits per heavy atom. The summed E-state index contributed by atoms with van der Waals surface area (Å²) in [4.78, 5) is 38.8. The maximum absolute atomic E-state index is 13.7. The average molecular weight is 435 g/mol. The molecule has 0 saturated heterocycles. The number of hydrogen-bond acceptors (Lipinski definition) is 8. The highest BCUT2D eigenvalue weighted by Crippen LogP contribution is 2.57. The molecule has 8 heteroatoms. The van der Waals surface area contributed by atoms with Gasteiger partial charge < -0.3 is 25.4 Å². The zero-order valence-electron chi connectivity index (χ0n) is 17.9. The van der Waals surface area contributed by atoms with Gasteiger partial charge in [-0.15, -0.1) is 0 Å². The minimum Gasteiger partial charge on any atom is -0.508 e. The van der Waals surface area contributed by atoms with Crippen LogP contribution in [0.15, 0.2) is 47.4 Å². The Balaban J connectivity index is 1.91. The van der Waals surface area contributed by atoms with Crippen LogP contribution in [-0.4, -0.2) is 32.7 Å². The third-order valence-electron chi connectivity index (χ3n) is 5.96. The summed E-state index contributed by atoms with van der Waals surface area (Å²) >= 11 is 0. The Morgan fingerprint density at radius 1 is 1.03 bits per heavy atom. The molecule has 0 saturated carbocycles. The second-order valence-corrected chi connectivity index (χ2v) is 8.06. The molecule has 1 aliphatic heterocycles. The highest BCUT2D eigenvalue weighted by atomic mass is 16.5. The lowest BCUT2D eigenvalue weighted by Gasteiger charge is -2.29. The summed E-state index contributed by atoms with van der Waals surface area (Å²) in [7, 11) is 0. The number of ether oxygens (including phenoxy) is 1. The van der Waals surface area contributed by atoms with E-state index >= 15 is 0 Å². The van der Waals surface area contributed by atoms with Gasteiger partial charge in [-0.05, 0) is 52.0 Å². The van der Waals surface area contributed by atoms with Crippen LogP contribution in [0.1, 0.15) is 42.3 Å². The van der Waals surface area contributed by atoms with Crippen molar-refractivity contribution in [3.8, 4) is 23.0 Å². The average Bonchev–Trinajstić information content (AvgIpc) is 3.01. The molecule has 2 aromatic rings. The number of benzene rings is 2. The molecule has 0 amide bonds. The van der Waals surface area contributed by atoms with Gasteiger partial charge in [0.25, 0.3) is 0 Å². The Kier molecular flexibility index (Phi) is 4.62. The Hall–Kier alpha value is -4.07. The van der Waals surface area contributed by atoms with Crippen molar-refractivity contribution in [3.63, 3.8) is 0 Å². The highest BCUT2D eigenvalue weighted by molar-refractivity contribution is 6.31. The van der Waals surface area contributed by atoms with Gasteiger partial charge in [-0.3, -0.25) is 14.4 Å². The molecule has 1 unspecified atom stereocenters. The molecule has 4 rings (SSSR count). The molecular formula is C24H21NO7. The fourth-order valence-corrected chi connectivity index (χ4v) is 4.19. The molecule has 1 heterocycles. The molecule has 2 aliphatic rings. The van der Waals surface area contributed by atoms with Crippen LogP contribution in [0.3, 0.4) is 0 Å². The lowest BCUT2D eigenvalue weighted by molar-refractivity contribution is -0.123. The van der Waals surface area contributed by atoms with E-state index < -0.39 is 28.5 Å². The number of rotatable bonds is 3. The van der Waals surface area contributed by atoms with E-state index in [0.717, 1.165) is 6.08 Å². The smallest absolute Gasteiger partial charge is 0.194 e. The number of phenols is 3. The topological polar surface area (TPSA) is 133 Å². The van der Waals surface area contributed by atoms with Crippen molar-refractivity contribution in [2.75, 3.05) is 5.32 Å². The van der Waals surface area contributed by atoms with Gasteiger partial charge >= 0.3 is 0 Å². The van der Waals surface area contributed by atoms with Gasteiger partial charge in [0.05, 0.1) is 11.1 Å². The zero-order chi connectivity index (χ0) is 23.5. The van der Waals surface area contributed by atoms with Crippen LogP contribution < -0.4 is 10.1 Å². The first-order valence-electron chi connectivity index (χ1n) is 9.84. The van der Waals surface area contributed by atoms with Gasteiger partial charge in [-0.2, -0.15) is 0 Å². The van der Waals surface area contributed by atoms with Crippen LogP contribution >= 0.6 is 0 Å². The number of aromatic hydroxyl groups is 3. The van der Waals surface area contributed by atoms with Crippen LogP contribution in [0.25, 0.3) is 0 Å². The lowest BCUT2D eigenvalue weighted by atomic mass is 9.70. The molecule has 32 heavy (non-hydrogen) atoms. The molecule has 0 aromatic heterocycles. The molecule has 1 atom stereocenters. The zero-order valence-corrected chi connectivity index (χ0v) is 17.9. The minimum absolute atomic E-state index is 0.0218. The van der Waals surface area contributed by atoms with E-state index in [1.807, 2.05) is 0 Å². The van der Waals surface area contributed by atoms with Gasteiger partial charge in [-0.25, -0.2) is 0 Å². The van der Waals surface area contributed by atoms with Gasteiger partial charge in [0.15, 0.2) is 17.3 Å². The summed E-state index contributed by atoms with van der Waals surface area (Å²) in [6, 6.07) is 6.10. The molecule has 1 aliphatic carbocycles. The molecular weight excluding hydrogens is 414 g/mol. The number of Topliss-reactive ketones (excluding diaryl/α,β-unsaturated/α-hetero) is 2. The van der Waals surface area contributed by atoms with E-state index in [9.17, 15) is 29.7 Å². The van der Waals surface area contributed by atoms with Crippen molar-refractivity contribution in [1.29, 1.82) is 0 Å². The standard InChI is InChI=1S/C24H21NO7/c1-10-20(29)18(12(3)26)22-19(21(10)30)24(4)16(32-22)9-15(28)17(23(24)31)11(2)25-13-5-7-14(27)8-6-13/h5-9,25,27,29-30H,1-4H3/b17-11+. The minimum atomic E-state index is -1.57. The molecule has 8 nitrogen and oxygen atoms in total. The van der Waals surface area contributed by atoms with E-state index in [1.54, 1.807) is 19.1 Å². The second kappa shape index (κ2) is 6.98. The van der Waals surface area contributed by atoms with E-state index in [4.69, 9.17) is 4.74 Å². The lowest BCUT2D eigenvalue weighted by Crippen LogP contribution is -2.40. The van der Waals surface area contributed by atoms with E-state index in [2.05, 4.69) is 5.32 Å². The molecule has 0 bridgehead atoms. The van der Waals surface area contributed by atoms with Crippen molar-refractivity contribution >= 4 is 23.0 Å². The van der Waals surface area contributed by atoms with Crippen LogP contribution in [0.4, 0.5) is 5.69 Å². The number of phenolic OH excluding ortho intramolecular Hbond substituents is 3. The third-order valence-corrected chi connectivity index (χ3v) is 5.96. The number of carbonyl (C=O) groups is 3. The number of ketones is 3. The highest BCUT2D eigenvalue weighted by Gasteiger charge is 2.56. The molecule has 4 N–H and O–H groups in total. The van der Waals surface area contributed by atoms with Crippen molar-refractivity contribution < 1.29 is 34.4 Å². The predicted octanol–water partition coefficient (Wildman–Crippen LogP) is 3.39. The van der Waals surface area contributed by atoms with Crippen LogP contribution in [0, 0.1) is 6.92 Å². The molecule has 0 spiro atoms. The largest absolute Gasteiger partial charge is 0.508 e. The number of nitrogens with one attached hydrogen (secondary N) is 1. The Labute approximate surface area is 183 Å². The summed E-state index contributed by atoms with van der Waals surface area (Å²) in [5.74, 6) is -2.60. The van der Waals surface area contributed by atoms with Gasteiger partial charge in [0.2, 0.25) is 0 Å². The fourth-order valence-electron chi connectivity index (χ4n) is 4.19. The van der Waals surface area contributed by atoms with E-state index in [-0.39, 0.29) is 51.0 Å². The number of allylic oxidation sites excluding steroid dienone is 4. The summed E-state index contributed by atoms with van der Waals surface area (Å²) in [5, 5.41) is 33.6. The first-order valence-corrected chi connectivity index (χ1v) is 9.84. The normalized spacial score (nSPS) is 20.8. The molecule has 2 aromatic carbocycles. The Bertz CT molecular complexity index is 1280. The molecule has 0 fully saturated rings. The van der Waals surface area contributed by atoms with Crippen LogP contribution in [0.5, 0.6) is 23.0 Å². The summed E-state index contributed by atoms with van der Waals surface area (Å²) in [6.45, 7) is 5.74. The molecule has 0 radical (unpaired) electrons. The fraction of sp³-hybridized carbons (Fsp3) is 0.208. The summed E-state index contributed by atoms with van der Waals surface area (Å²) < 4.78 is 5.73. The van der Waals surface area contributed by atoms with Crippen LogP contribution in [-0.2, 0) is 15.0 Å². The van der Waals surface area contributed by atoms with Crippen molar-refractivity contribution in [3.05, 3.63) is 64.1 Å². The first-order chi connectivity index (χ1) is 15.0. The molecule has 164 valence electrons. The van der Waals surface area contributed by atoms with E-state index in [0.29, 0.717) is 5.69 Å². The second-order valence-electron chi connectivity index (χ2n) is 8.06. The Morgan fingerprint density at radius 3 is 2.25 bits per heavy atom. The van der Waals surface area contributed by atoms with Crippen LogP contribution in [0.2, 0.25) is 0 Å². The predicted molar refractivity (Wildman–Crippen MR) is 115 cm³/mol.